The maximum absolute atomic E-state index is 2.67. The Balaban J connectivity index is 1.98. The molecule has 132 valence electrons. The Morgan fingerprint density at radius 3 is 1.23 bits per heavy atom. The van der Waals surface area contributed by atoms with Gasteiger partial charge in [-0.1, -0.05) is 0 Å². The molecule has 3 rings (SSSR count). The van der Waals surface area contributed by atoms with E-state index in [0.29, 0.717) is 0 Å². The van der Waals surface area contributed by atoms with Gasteiger partial charge in [0.05, 0.1) is 0 Å². The molecular weight excluding hydrogens is 534 g/mol. The molecule has 0 aliphatic heterocycles. The first-order chi connectivity index (χ1) is 12.8. The number of hydrogen-bond donors (Lipinski definition) is 0. The van der Waals surface area contributed by atoms with Crippen LogP contribution in [-0.2, 0) is 13.3 Å². The Bertz CT molecular complexity index is 696. The van der Waals surface area contributed by atoms with E-state index in [9.17, 15) is 0 Å². The zero-order chi connectivity index (χ0) is 18.1. The number of hydrogen-bond acceptors (Lipinski definition) is 0. The molecule has 2 heteroatoms. The Kier molecular flexibility index (Phi) is 7.81. The minimum atomic E-state index is -2.65. The molecule has 0 aromatic heterocycles. The summed E-state index contributed by atoms with van der Waals surface area (Å²) in [5.41, 5.74) is 4.48. The van der Waals surface area contributed by atoms with Gasteiger partial charge in [0.15, 0.2) is 0 Å². The summed E-state index contributed by atoms with van der Waals surface area (Å²) in [6, 6.07) is 33.3. The predicted octanol–water partition coefficient (Wildman–Crippen LogP) is 6.31. The molecule has 0 fully saturated rings. The van der Waals surface area contributed by atoms with Gasteiger partial charge >= 0.3 is 177 Å². The van der Waals surface area contributed by atoms with E-state index >= 15 is 0 Å². The Labute approximate surface area is 175 Å². The standard InChI is InChI=1S/3C7H7.C3H4I.Sn/c3*1-7-5-3-2-4-6-7;1-2-3-4;/h3*2-6H,1H2;1-2H,3H2;. The van der Waals surface area contributed by atoms with Crippen LogP contribution in [0.2, 0.25) is 0 Å². The Morgan fingerprint density at radius 2 is 0.923 bits per heavy atom. The monoisotopic (exact) mass is 560 g/mol. The summed E-state index contributed by atoms with van der Waals surface area (Å²) in [5, 5.41) is 0. The molecule has 0 spiro atoms. The van der Waals surface area contributed by atoms with Crippen molar-refractivity contribution in [1.82, 2.24) is 0 Å². The third-order valence-corrected chi connectivity index (χ3v) is 17.5. The second-order valence-electron chi connectivity index (χ2n) is 6.91. The fraction of sp³-hybridized carbons (Fsp3) is 0.167. The molecule has 0 saturated carbocycles. The molecule has 0 nitrogen and oxygen atoms in total. The summed E-state index contributed by atoms with van der Waals surface area (Å²) >= 11 is -0.180. The van der Waals surface area contributed by atoms with Crippen molar-refractivity contribution >= 4 is 41.0 Å². The molecule has 0 radical (unpaired) electrons. The number of alkyl halides is 1. The van der Waals surface area contributed by atoms with Crippen molar-refractivity contribution in [3.63, 3.8) is 0 Å². The van der Waals surface area contributed by atoms with Crippen LogP contribution in [0.15, 0.2) is 101 Å². The van der Waals surface area contributed by atoms with E-state index in [0.717, 1.165) is 4.43 Å². The third-order valence-electron chi connectivity index (χ3n) is 4.76. The van der Waals surface area contributed by atoms with Gasteiger partial charge in [0, 0.05) is 0 Å². The zero-order valence-corrected chi connectivity index (χ0v) is 20.0. The van der Waals surface area contributed by atoms with Gasteiger partial charge in [0.25, 0.3) is 0 Å². The van der Waals surface area contributed by atoms with E-state index in [4.69, 9.17) is 0 Å². The normalized spacial score (nSPS) is 11.7. The van der Waals surface area contributed by atoms with Gasteiger partial charge in [-0.25, -0.2) is 0 Å². The van der Waals surface area contributed by atoms with Crippen LogP contribution >= 0.6 is 22.6 Å². The van der Waals surface area contributed by atoms with Gasteiger partial charge in [-0.05, 0) is 0 Å². The number of benzene rings is 3. The molecule has 0 aliphatic rings. The van der Waals surface area contributed by atoms with Gasteiger partial charge < -0.3 is 0 Å². The molecule has 0 amide bonds. The molecular formula is C24H25ISn. The second-order valence-corrected chi connectivity index (χ2v) is 19.5. The SMILES string of the molecule is IC/C=[CH]/[Sn]([CH2]c1ccccc1)([CH2]c1ccccc1)[CH2]c1ccccc1. The van der Waals surface area contributed by atoms with Crippen LogP contribution in [0, 0.1) is 0 Å². The van der Waals surface area contributed by atoms with E-state index in [1.54, 1.807) is 0 Å². The van der Waals surface area contributed by atoms with Crippen molar-refractivity contribution in [3.05, 3.63) is 118 Å². The number of allylic oxidation sites excluding steroid dienone is 1. The van der Waals surface area contributed by atoms with Gasteiger partial charge in [-0.3, -0.25) is 0 Å². The van der Waals surface area contributed by atoms with Crippen LogP contribution in [-0.4, -0.2) is 22.8 Å². The van der Waals surface area contributed by atoms with E-state index in [2.05, 4.69) is 124 Å². The van der Waals surface area contributed by atoms with Crippen LogP contribution in [0.1, 0.15) is 16.7 Å². The molecule has 0 heterocycles. The second kappa shape index (κ2) is 10.3. The van der Waals surface area contributed by atoms with E-state index in [-0.39, 0.29) is 0 Å². The fourth-order valence-electron chi connectivity index (χ4n) is 3.67. The first-order valence-corrected chi connectivity index (χ1v) is 18.4. The maximum atomic E-state index is 2.67. The van der Waals surface area contributed by atoms with Crippen molar-refractivity contribution in [2.24, 2.45) is 0 Å². The quantitative estimate of drug-likeness (QED) is 0.173. The van der Waals surface area contributed by atoms with Gasteiger partial charge in [0.2, 0.25) is 0 Å². The molecule has 0 unspecified atom stereocenters. The summed E-state index contributed by atoms with van der Waals surface area (Å²) < 4.78 is 7.54. The van der Waals surface area contributed by atoms with Crippen molar-refractivity contribution in [2.45, 2.75) is 13.3 Å². The van der Waals surface area contributed by atoms with Crippen molar-refractivity contribution in [3.8, 4) is 0 Å². The van der Waals surface area contributed by atoms with E-state index in [1.807, 2.05) is 0 Å². The molecule has 0 atom stereocenters. The number of halogens is 1. The topological polar surface area (TPSA) is 0 Å². The molecule has 0 N–H and O–H groups in total. The van der Waals surface area contributed by atoms with Gasteiger partial charge in [-0.2, -0.15) is 0 Å². The van der Waals surface area contributed by atoms with E-state index in [1.165, 1.54) is 30.0 Å². The Morgan fingerprint density at radius 1 is 0.577 bits per heavy atom. The van der Waals surface area contributed by atoms with Crippen LogP contribution in [0.5, 0.6) is 0 Å². The van der Waals surface area contributed by atoms with Crippen LogP contribution in [0.25, 0.3) is 0 Å². The first kappa shape index (κ1) is 19.7. The number of rotatable bonds is 8. The summed E-state index contributed by atoms with van der Waals surface area (Å²) in [5.74, 6) is 0. The van der Waals surface area contributed by atoms with Gasteiger partial charge in [-0.15, -0.1) is 0 Å². The average molecular weight is 559 g/mol. The summed E-state index contributed by atoms with van der Waals surface area (Å²) in [6.07, 6.45) is 2.42. The molecule has 3 aromatic carbocycles. The average Bonchev–Trinajstić information content (AvgIpc) is 2.69. The molecule has 3 aromatic rings. The van der Waals surface area contributed by atoms with E-state index < -0.39 is 18.4 Å². The molecule has 0 bridgehead atoms. The van der Waals surface area contributed by atoms with Crippen molar-refractivity contribution in [1.29, 1.82) is 0 Å². The molecule has 0 saturated heterocycles. The van der Waals surface area contributed by atoms with Crippen molar-refractivity contribution in [2.75, 3.05) is 4.43 Å². The van der Waals surface area contributed by atoms with Crippen LogP contribution < -0.4 is 0 Å². The summed E-state index contributed by atoms with van der Waals surface area (Å²) in [4.78, 5) is 0. The summed E-state index contributed by atoms with van der Waals surface area (Å²) in [7, 11) is 0. The zero-order valence-electron chi connectivity index (χ0n) is 15.0. The van der Waals surface area contributed by atoms with Crippen LogP contribution in [0.4, 0.5) is 0 Å². The molecule has 26 heavy (non-hydrogen) atoms. The van der Waals surface area contributed by atoms with Crippen LogP contribution in [0.3, 0.4) is 0 Å². The fourth-order valence-corrected chi connectivity index (χ4v) is 18.1. The predicted molar refractivity (Wildman–Crippen MR) is 124 cm³/mol. The first-order valence-electron chi connectivity index (χ1n) is 9.15. The van der Waals surface area contributed by atoms with Crippen molar-refractivity contribution < 1.29 is 0 Å². The van der Waals surface area contributed by atoms with Gasteiger partial charge in [0.1, 0.15) is 0 Å². The minimum absolute atomic E-state index is 1.09. The third kappa shape index (κ3) is 5.98. The summed E-state index contributed by atoms with van der Waals surface area (Å²) in [6.45, 7) is 0. The Hall–Kier alpha value is -1.07. The molecule has 0 aliphatic carbocycles.